The van der Waals surface area contributed by atoms with Gasteiger partial charge in [0.05, 0.1) is 6.04 Å². The Bertz CT molecular complexity index is 891. The summed E-state index contributed by atoms with van der Waals surface area (Å²) < 4.78 is 15.6. The van der Waals surface area contributed by atoms with Crippen LogP contribution in [0, 0.1) is 18.7 Å². The predicted molar refractivity (Wildman–Crippen MR) is 98.4 cm³/mol. The highest BCUT2D eigenvalue weighted by molar-refractivity contribution is 5.74. The zero-order valence-corrected chi connectivity index (χ0v) is 15.3. The summed E-state index contributed by atoms with van der Waals surface area (Å²) in [6.07, 6.45) is 1.50. The van der Waals surface area contributed by atoms with Gasteiger partial charge in [0, 0.05) is 24.8 Å². The summed E-state index contributed by atoms with van der Waals surface area (Å²) in [5.74, 6) is -0.00736. The number of carbonyl (C=O) groups excluding carboxylic acids is 1. The first-order valence-corrected chi connectivity index (χ1v) is 8.85. The number of carbonyl (C=O) groups is 1. The van der Waals surface area contributed by atoms with Crippen LogP contribution in [0.15, 0.2) is 35.1 Å². The van der Waals surface area contributed by atoms with Crippen LogP contribution >= 0.6 is 0 Å². The van der Waals surface area contributed by atoms with Gasteiger partial charge in [-0.2, -0.15) is 0 Å². The van der Waals surface area contributed by atoms with E-state index in [1.807, 2.05) is 19.1 Å². The Kier molecular flexibility index (Phi) is 5.11. The van der Waals surface area contributed by atoms with Gasteiger partial charge >= 0.3 is 6.03 Å². The van der Waals surface area contributed by atoms with Crippen molar-refractivity contribution in [2.24, 2.45) is 13.0 Å². The molecular weight excluding hydrogens is 333 g/mol. The van der Waals surface area contributed by atoms with E-state index in [0.29, 0.717) is 17.5 Å². The summed E-state index contributed by atoms with van der Waals surface area (Å²) >= 11 is 0. The molecule has 1 aromatic heterocycles. The van der Waals surface area contributed by atoms with Crippen molar-refractivity contribution in [1.82, 2.24) is 15.2 Å². The van der Waals surface area contributed by atoms with E-state index in [1.165, 1.54) is 6.07 Å². The predicted octanol–water partition coefficient (Wildman–Crippen LogP) is 2.96. The molecule has 0 fully saturated rings. The molecule has 0 spiro atoms. The van der Waals surface area contributed by atoms with Crippen molar-refractivity contribution in [2.45, 2.75) is 39.3 Å². The van der Waals surface area contributed by atoms with Crippen molar-refractivity contribution >= 4 is 6.03 Å². The lowest BCUT2D eigenvalue weighted by Crippen LogP contribution is -2.42. The Morgan fingerprint density at radius 2 is 2.08 bits per heavy atom. The molecule has 1 aliphatic carbocycles. The summed E-state index contributed by atoms with van der Waals surface area (Å²) in [6, 6.07) is 7.98. The van der Waals surface area contributed by atoms with E-state index in [1.54, 1.807) is 23.7 Å². The first-order valence-electron chi connectivity index (χ1n) is 8.85. The smallest absolute Gasteiger partial charge is 0.315 e. The number of aryl methyl sites for hydroxylation is 1. The zero-order valence-electron chi connectivity index (χ0n) is 15.3. The first-order chi connectivity index (χ1) is 12.4. The standard InChI is InChI=1S/C20H24FN3O2/c1-12-7-10-15-16(5-4-6-17(15)21)18(12)23-20(26)22-11-14-9-8-13(2)24(3)19(14)25/h4-6,8-9,12,18H,7,10-11H2,1-3H3,(H2,22,23,26). The van der Waals surface area contributed by atoms with Crippen LogP contribution in [0.25, 0.3) is 0 Å². The van der Waals surface area contributed by atoms with Crippen molar-refractivity contribution in [1.29, 1.82) is 0 Å². The quantitative estimate of drug-likeness (QED) is 0.887. The number of halogens is 1. The second kappa shape index (κ2) is 7.32. The lowest BCUT2D eigenvalue weighted by atomic mass is 9.80. The Labute approximate surface area is 152 Å². The molecular formula is C20H24FN3O2. The number of benzene rings is 1. The van der Waals surface area contributed by atoms with Gasteiger partial charge in [0.25, 0.3) is 5.56 Å². The number of pyridine rings is 1. The van der Waals surface area contributed by atoms with E-state index in [4.69, 9.17) is 0 Å². The number of aromatic nitrogens is 1. The minimum Gasteiger partial charge on any atom is -0.334 e. The van der Waals surface area contributed by atoms with Gasteiger partial charge in [0.1, 0.15) is 5.82 Å². The monoisotopic (exact) mass is 357 g/mol. The van der Waals surface area contributed by atoms with Gasteiger partial charge in [-0.3, -0.25) is 4.79 Å². The van der Waals surface area contributed by atoms with E-state index in [9.17, 15) is 14.0 Å². The van der Waals surface area contributed by atoms with E-state index in [0.717, 1.165) is 17.7 Å². The minimum absolute atomic E-state index is 0.122. The number of hydrogen-bond donors (Lipinski definition) is 2. The number of nitrogens with one attached hydrogen (secondary N) is 2. The number of rotatable bonds is 3. The fraction of sp³-hybridized carbons (Fsp3) is 0.400. The molecule has 2 unspecified atom stereocenters. The van der Waals surface area contributed by atoms with Crippen molar-refractivity contribution in [3.63, 3.8) is 0 Å². The number of urea groups is 1. The second-order valence-corrected chi connectivity index (χ2v) is 6.99. The van der Waals surface area contributed by atoms with E-state index >= 15 is 0 Å². The van der Waals surface area contributed by atoms with Gasteiger partial charge in [-0.15, -0.1) is 0 Å². The van der Waals surface area contributed by atoms with Crippen LogP contribution < -0.4 is 16.2 Å². The SMILES string of the molecule is Cc1ccc(CNC(=O)NC2c3cccc(F)c3CCC2C)c(=O)n1C. The number of nitrogens with zero attached hydrogens (tertiary/aromatic N) is 1. The summed E-state index contributed by atoms with van der Waals surface area (Å²) in [4.78, 5) is 24.6. The lowest BCUT2D eigenvalue weighted by molar-refractivity contribution is 0.229. The zero-order chi connectivity index (χ0) is 18.8. The highest BCUT2D eigenvalue weighted by Gasteiger charge is 2.29. The molecule has 2 aromatic rings. The van der Waals surface area contributed by atoms with E-state index < -0.39 is 0 Å². The van der Waals surface area contributed by atoms with Crippen molar-refractivity contribution < 1.29 is 9.18 Å². The fourth-order valence-electron chi connectivity index (χ4n) is 3.48. The molecule has 0 saturated heterocycles. The Hall–Kier alpha value is -2.63. The van der Waals surface area contributed by atoms with Gasteiger partial charge < -0.3 is 15.2 Å². The Morgan fingerprint density at radius 1 is 1.31 bits per heavy atom. The topological polar surface area (TPSA) is 63.1 Å². The normalized spacial score (nSPS) is 18.9. The van der Waals surface area contributed by atoms with Crippen LogP contribution in [0.3, 0.4) is 0 Å². The van der Waals surface area contributed by atoms with Gasteiger partial charge in [0.15, 0.2) is 0 Å². The molecule has 5 nitrogen and oxygen atoms in total. The highest BCUT2D eigenvalue weighted by atomic mass is 19.1. The third-order valence-corrected chi connectivity index (χ3v) is 5.27. The molecule has 1 heterocycles. The largest absolute Gasteiger partial charge is 0.334 e. The maximum atomic E-state index is 14.0. The molecule has 2 amide bonds. The van der Waals surface area contributed by atoms with Crippen LogP contribution in [-0.4, -0.2) is 10.6 Å². The molecule has 3 rings (SSSR count). The summed E-state index contributed by atoms with van der Waals surface area (Å²) in [5.41, 5.74) is 2.78. The molecule has 0 radical (unpaired) electrons. The van der Waals surface area contributed by atoms with Crippen molar-refractivity contribution in [3.05, 3.63) is 68.9 Å². The molecule has 2 atom stereocenters. The minimum atomic E-state index is -0.360. The number of fused-ring (bicyclic) bond motifs is 1. The molecule has 2 N–H and O–H groups in total. The Morgan fingerprint density at radius 3 is 2.85 bits per heavy atom. The summed E-state index contributed by atoms with van der Waals surface area (Å²) in [5, 5.41) is 5.68. The highest BCUT2D eigenvalue weighted by Crippen LogP contribution is 2.35. The van der Waals surface area contributed by atoms with E-state index in [-0.39, 0.29) is 35.9 Å². The third-order valence-electron chi connectivity index (χ3n) is 5.27. The maximum absolute atomic E-state index is 14.0. The van der Waals surface area contributed by atoms with Crippen LogP contribution in [0.5, 0.6) is 0 Å². The Balaban J connectivity index is 1.70. The molecule has 26 heavy (non-hydrogen) atoms. The van der Waals surface area contributed by atoms with E-state index in [2.05, 4.69) is 17.6 Å². The molecule has 1 aliphatic rings. The molecule has 1 aromatic carbocycles. The fourth-order valence-corrected chi connectivity index (χ4v) is 3.48. The van der Waals surface area contributed by atoms with Gasteiger partial charge in [-0.25, -0.2) is 9.18 Å². The van der Waals surface area contributed by atoms with Crippen LogP contribution in [-0.2, 0) is 20.0 Å². The second-order valence-electron chi connectivity index (χ2n) is 6.99. The number of amides is 2. The van der Waals surface area contributed by atoms with Gasteiger partial charge in [0.2, 0.25) is 0 Å². The summed E-state index contributed by atoms with van der Waals surface area (Å²) in [6.45, 7) is 4.05. The van der Waals surface area contributed by atoms with Crippen LogP contribution in [0.4, 0.5) is 9.18 Å². The third kappa shape index (κ3) is 3.49. The molecule has 0 bridgehead atoms. The van der Waals surface area contributed by atoms with Gasteiger partial charge in [-0.05, 0) is 48.9 Å². The van der Waals surface area contributed by atoms with Crippen molar-refractivity contribution in [3.8, 4) is 0 Å². The summed E-state index contributed by atoms with van der Waals surface area (Å²) in [7, 11) is 1.70. The van der Waals surface area contributed by atoms with Crippen molar-refractivity contribution in [2.75, 3.05) is 0 Å². The molecule has 0 saturated carbocycles. The van der Waals surface area contributed by atoms with Crippen LogP contribution in [0.1, 0.15) is 41.8 Å². The van der Waals surface area contributed by atoms with Crippen LogP contribution in [0.2, 0.25) is 0 Å². The van der Waals surface area contributed by atoms with Gasteiger partial charge in [-0.1, -0.05) is 25.1 Å². The average Bonchev–Trinajstić information content (AvgIpc) is 2.62. The first kappa shape index (κ1) is 18.2. The average molecular weight is 357 g/mol. The maximum Gasteiger partial charge on any atom is 0.315 e. The lowest BCUT2D eigenvalue weighted by Gasteiger charge is -2.32. The molecule has 0 aliphatic heterocycles. The molecule has 138 valence electrons. The molecule has 6 heteroatoms. The number of hydrogen-bond acceptors (Lipinski definition) is 2.